The quantitative estimate of drug-likeness (QED) is 0.835. The monoisotopic (exact) mass is 340 g/mol. The molecule has 0 radical (unpaired) electrons. The first-order valence-corrected chi connectivity index (χ1v) is 10.0. The topological polar surface area (TPSA) is 58.1 Å². The zero-order valence-corrected chi connectivity index (χ0v) is 14.7. The molecule has 1 aromatic heterocycles. The normalized spacial score (nSPS) is 24.9. The summed E-state index contributed by atoms with van der Waals surface area (Å²) in [5.74, 6) is 2.36. The molecule has 5 nitrogen and oxygen atoms in total. The molecule has 1 saturated carbocycles. The molecule has 1 aliphatic heterocycles. The molecule has 2 fully saturated rings. The predicted molar refractivity (Wildman–Crippen MR) is 91.4 cm³/mol. The van der Waals surface area contributed by atoms with E-state index in [1.807, 2.05) is 6.92 Å². The third-order valence-corrected chi connectivity index (χ3v) is 6.70. The number of carbonyl (C=O) groups is 1. The predicted octanol–water partition coefficient (Wildman–Crippen LogP) is 3.10. The Morgan fingerprint density at radius 3 is 2.95 bits per heavy atom. The first-order chi connectivity index (χ1) is 10.8. The van der Waals surface area contributed by atoms with Gasteiger partial charge in [0, 0.05) is 19.6 Å². The summed E-state index contributed by atoms with van der Waals surface area (Å²) in [6.45, 7) is 4.79. The maximum atomic E-state index is 12.4. The number of aromatic nitrogens is 2. The Morgan fingerprint density at radius 2 is 2.14 bits per heavy atom. The van der Waals surface area contributed by atoms with Crippen LogP contribution in [-0.2, 0) is 4.79 Å². The number of carbonyl (C=O) groups excluding carboxylic acids is 1. The van der Waals surface area contributed by atoms with Crippen molar-refractivity contribution in [1.82, 2.24) is 15.1 Å². The number of thioether (sulfide) groups is 1. The van der Waals surface area contributed by atoms with E-state index in [0.717, 1.165) is 40.9 Å². The van der Waals surface area contributed by atoms with Crippen LogP contribution in [0.15, 0.2) is 4.34 Å². The van der Waals surface area contributed by atoms with Gasteiger partial charge < -0.3 is 10.2 Å². The van der Waals surface area contributed by atoms with E-state index in [1.54, 1.807) is 0 Å². The lowest BCUT2D eigenvalue weighted by Crippen LogP contribution is -2.45. The number of nitrogens with one attached hydrogen (secondary N) is 1. The van der Waals surface area contributed by atoms with Gasteiger partial charge in [0.25, 0.3) is 0 Å². The van der Waals surface area contributed by atoms with Gasteiger partial charge in [-0.3, -0.25) is 4.79 Å². The van der Waals surface area contributed by atoms with E-state index in [2.05, 4.69) is 20.4 Å². The molecule has 1 N–H and O–H groups in total. The molecule has 22 heavy (non-hydrogen) atoms. The van der Waals surface area contributed by atoms with Crippen LogP contribution >= 0.6 is 23.1 Å². The molecule has 2 atom stereocenters. The molecule has 122 valence electrons. The molecule has 1 saturated heterocycles. The number of amides is 1. The largest absolute Gasteiger partial charge is 0.360 e. The average Bonchev–Trinajstić information content (AvgIpc) is 3.00. The van der Waals surface area contributed by atoms with Crippen LogP contribution in [0.5, 0.6) is 0 Å². The summed E-state index contributed by atoms with van der Waals surface area (Å²) in [4.78, 5) is 14.5. The summed E-state index contributed by atoms with van der Waals surface area (Å²) in [5.41, 5.74) is 0. The van der Waals surface area contributed by atoms with Gasteiger partial charge in [-0.1, -0.05) is 42.4 Å². The van der Waals surface area contributed by atoms with Crippen molar-refractivity contribution >= 4 is 34.1 Å². The zero-order valence-electron chi connectivity index (χ0n) is 13.1. The standard InChI is InChI=1S/C15H24N4OS2/c1-2-16-14-17-18-15(22-14)21-10-13(20)19-8-7-11-5-3-4-6-12(11)9-19/h11-12H,2-10H2,1H3,(H,16,17)/t11-,12+/m1/s1. The van der Waals surface area contributed by atoms with Crippen LogP contribution in [0.25, 0.3) is 0 Å². The highest BCUT2D eigenvalue weighted by molar-refractivity contribution is 8.01. The van der Waals surface area contributed by atoms with Crippen LogP contribution in [0, 0.1) is 11.8 Å². The van der Waals surface area contributed by atoms with Crippen molar-refractivity contribution < 1.29 is 4.79 Å². The van der Waals surface area contributed by atoms with Gasteiger partial charge in [0.05, 0.1) is 5.75 Å². The van der Waals surface area contributed by atoms with E-state index in [1.165, 1.54) is 55.2 Å². The Kier molecular flexibility index (Phi) is 5.57. The minimum Gasteiger partial charge on any atom is -0.360 e. The van der Waals surface area contributed by atoms with Crippen LogP contribution in [-0.4, -0.2) is 46.4 Å². The number of likely N-dealkylation sites (tertiary alicyclic amines) is 1. The number of anilines is 1. The highest BCUT2D eigenvalue weighted by atomic mass is 32.2. The Morgan fingerprint density at radius 1 is 1.32 bits per heavy atom. The van der Waals surface area contributed by atoms with Gasteiger partial charge in [-0.25, -0.2) is 0 Å². The number of piperidine rings is 1. The van der Waals surface area contributed by atoms with Crippen LogP contribution in [0.4, 0.5) is 5.13 Å². The minimum atomic E-state index is 0.259. The van der Waals surface area contributed by atoms with Gasteiger partial charge in [-0.2, -0.15) is 0 Å². The molecular weight excluding hydrogens is 316 g/mol. The van der Waals surface area contributed by atoms with Crippen molar-refractivity contribution in [1.29, 1.82) is 0 Å². The molecule has 1 aliphatic carbocycles. The van der Waals surface area contributed by atoms with Crippen molar-refractivity contribution in [3.8, 4) is 0 Å². The summed E-state index contributed by atoms with van der Waals surface area (Å²) in [6, 6.07) is 0. The lowest BCUT2D eigenvalue weighted by molar-refractivity contribution is -0.131. The molecule has 0 unspecified atom stereocenters. The molecular formula is C15H24N4OS2. The van der Waals surface area contributed by atoms with Crippen molar-refractivity contribution in [2.45, 2.75) is 43.4 Å². The lowest BCUT2D eigenvalue weighted by Gasteiger charge is -2.41. The molecule has 1 amide bonds. The van der Waals surface area contributed by atoms with E-state index >= 15 is 0 Å². The van der Waals surface area contributed by atoms with E-state index in [0.29, 0.717) is 5.75 Å². The van der Waals surface area contributed by atoms with Gasteiger partial charge in [0.15, 0.2) is 4.34 Å². The Bertz CT molecular complexity index is 507. The third-order valence-electron chi connectivity index (χ3n) is 4.70. The molecule has 1 aromatic rings. The molecule has 0 spiro atoms. The summed E-state index contributed by atoms with van der Waals surface area (Å²) >= 11 is 3.04. The van der Waals surface area contributed by atoms with Crippen LogP contribution < -0.4 is 5.32 Å². The fourth-order valence-electron chi connectivity index (χ4n) is 3.53. The number of hydrogen-bond acceptors (Lipinski definition) is 6. The van der Waals surface area contributed by atoms with Gasteiger partial charge in [0.2, 0.25) is 11.0 Å². The van der Waals surface area contributed by atoms with Crippen molar-refractivity contribution in [2.24, 2.45) is 11.8 Å². The first-order valence-electron chi connectivity index (χ1n) is 8.24. The lowest BCUT2D eigenvalue weighted by atomic mass is 9.75. The van der Waals surface area contributed by atoms with E-state index in [9.17, 15) is 4.79 Å². The molecule has 0 bridgehead atoms. The highest BCUT2D eigenvalue weighted by Crippen LogP contribution is 2.36. The van der Waals surface area contributed by atoms with E-state index < -0.39 is 0 Å². The number of fused-ring (bicyclic) bond motifs is 1. The molecule has 7 heteroatoms. The van der Waals surface area contributed by atoms with Crippen molar-refractivity contribution in [2.75, 3.05) is 30.7 Å². The zero-order chi connectivity index (χ0) is 15.4. The summed E-state index contributed by atoms with van der Waals surface area (Å²) < 4.78 is 0.872. The SMILES string of the molecule is CCNc1nnc(SCC(=O)N2CC[C@H]3CCCC[C@H]3C2)s1. The Balaban J connectivity index is 1.47. The maximum absolute atomic E-state index is 12.4. The molecule has 2 heterocycles. The summed E-state index contributed by atoms with van der Waals surface area (Å²) in [6.07, 6.45) is 6.61. The van der Waals surface area contributed by atoms with Crippen LogP contribution in [0.3, 0.4) is 0 Å². The van der Waals surface area contributed by atoms with Gasteiger partial charge in [0.1, 0.15) is 0 Å². The minimum absolute atomic E-state index is 0.259. The van der Waals surface area contributed by atoms with Crippen molar-refractivity contribution in [3.63, 3.8) is 0 Å². The van der Waals surface area contributed by atoms with Crippen molar-refractivity contribution in [3.05, 3.63) is 0 Å². The summed E-state index contributed by atoms with van der Waals surface area (Å²) in [7, 11) is 0. The second kappa shape index (κ2) is 7.64. The Hall–Kier alpha value is -0.820. The smallest absolute Gasteiger partial charge is 0.233 e. The summed E-state index contributed by atoms with van der Waals surface area (Å²) in [5, 5.41) is 12.2. The van der Waals surface area contributed by atoms with E-state index in [-0.39, 0.29) is 5.91 Å². The first kappa shape index (κ1) is 16.1. The average molecular weight is 341 g/mol. The van der Waals surface area contributed by atoms with E-state index in [4.69, 9.17) is 0 Å². The maximum Gasteiger partial charge on any atom is 0.233 e. The van der Waals surface area contributed by atoms with Gasteiger partial charge in [-0.05, 0) is 31.6 Å². The number of rotatable bonds is 5. The second-order valence-corrected chi connectivity index (χ2v) is 8.33. The van der Waals surface area contributed by atoms with Crippen LogP contribution in [0.1, 0.15) is 39.0 Å². The van der Waals surface area contributed by atoms with Gasteiger partial charge >= 0.3 is 0 Å². The fourth-order valence-corrected chi connectivity index (χ4v) is 5.26. The number of hydrogen-bond donors (Lipinski definition) is 1. The molecule has 2 aliphatic rings. The Labute approximate surface area is 140 Å². The van der Waals surface area contributed by atoms with Crippen LogP contribution in [0.2, 0.25) is 0 Å². The second-order valence-electron chi connectivity index (χ2n) is 6.13. The highest BCUT2D eigenvalue weighted by Gasteiger charge is 2.32. The third kappa shape index (κ3) is 3.93. The molecule has 0 aromatic carbocycles. The van der Waals surface area contributed by atoms with Gasteiger partial charge in [-0.15, -0.1) is 10.2 Å². The molecule has 3 rings (SSSR count). The number of nitrogens with zero attached hydrogens (tertiary/aromatic N) is 3. The fraction of sp³-hybridized carbons (Fsp3) is 0.800.